The Kier molecular flexibility index (Phi) is 5.23. The van der Waals surface area contributed by atoms with E-state index in [4.69, 9.17) is 16.3 Å². The monoisotopic (exact) mass is 381 g/mol. The molecule has 2 heterocycles. The summed E-state index contributed by atoms with van der Waals surface area (Å²) >= 11 is 6.21. The van der Waals surface area contributed by atoms with E-state index in [1.165, 1.54) is 0 Å². The number of aromatic nitrogens is 2. The average Bonchev–Trinajstić information content (AvgIpc) is 3.18. The highest BCUT2D eigenvalue weighted by molar-refractivity contribution is 6.31. The number of benzene rings is 2. The number of hydrogen-bond donors (Lipinski definition) is 0. The van der Waals surface area contributed by atoms with E-state index in [2.05, 4.69) is 5.10 Å². The van der Waals surface area contributed by atoms with Gasteiger partial charge in [-0.1, -0.05) is 60.1 Å². The first kappa shape index (κ1) is 17.8. The zero-order valence-electron chi connectivity index (χ0n) is 14.8. The van der Waals surface area contributed by atoms with Crippen LogP contribution in [0.5, 0.6) is 0 Å². The number of halogens is 1. The Morgan fingerprint density at radius 3 is 2.74 bits per heavy atom. The number of nitrogens with zero attached hydrogens (tertiary/aromatic N) is 3. The second kappa shape index (κ2) is 7.94. The maximum Gasteiger partial charge on any atom is 0.257 e. The lowest BCUT2D eigenvalue weighted by atomic mass is 10.1. The molecule has 2 aromatic carbocycles. The van der Waals surface area contributed by atoms with Crippen molar-refractivity contribution in [3.63, 3.8) is 0 Å². The highest BCUT2D eigenvalue weighted by atomic mass is 35.5. The number of carbonyl (C=O) groups is 1. The fourth-order valence-corrected chi connectivity index (χ4v) is 3.44. The molecule has 0 spiro atoms. The lowest BCUT2D eigenvalue weighted by Crippen LogP contribution is -2.42. The molecule has 4 rings (SSSR count). The minimum Gasteiger partial charge on any atom is -0.370 e. The van der Waals surface area contributed by atoms with Crippen LogP contribution in [0.1, 0.15) is 27.6 Å². The number of carbonyl (C=O) groups excluding carboxylic acids is 1. The minimum absolute atomic E-state index is 0.0235. The Labute approximate surface area is 163 Å². The van der Waals surface area contributed by atoms with Crippen molar-refractivity contribution in [2.45, 2.75) is 12.6 Å². The topological polar surface area (TPSA) is 47.4 Å². The molecule has 3 aromatic rings. The van der Waals surface area contributed by atoms with Crippen molar-refractivity contribution in [1.29, 1.82) is 0 Å². The van der Waals surface area contributed by atoms with Crippen LogP contribution in [0.2, 0.25) is 5.02 Å². The highest BCUT2D eigenvalue weighted by Crippen LogP contribution is 2.23. The maximum atomic E-state index is 12.9. The maximum absolute atomic E-state index is 12.9. The van der Waals surface area contributed by atoms with Gasteiger partial charge in [0.1, 0.15) is 6.10 Å². The molecule has 1 saturated heterocycles. The molecule has 1 aliphatic heterocycles. The van der Waals surface area contributed by atoms with E-state index in [1.54, 1.807) is 17.1 Å². The Bertz CT molecular complexity index is 926. The van der Waals surface area contributed by atoms with Crippen LogP contribution in [0.4, 0.5) is 0 Å². The van der Waals surface area contributed by atoms with Crippen molar-refractivity contribution in [3.8, 4) is 0 Å². The van der Waals surface area contributed by atoms with Crippen molar-refractivity contribution in [2.75, 3.05) is 19.7 Å². The standard InChI is InChI=1S/C21H20ClN3O2/c22-19-9-5-4-8-17(19)13-25-14-18(12-23-25)21(26)24-10-11-27-20(15-24)16-6-2-1-3-7-16/h1-9,12,14,20H,10-11,13,15H2/t20-/m1/s1. The predicted molar refractivity (Wildman–Crippen MR) is 104 cm³/mol. The SMILES string of the molecule is O=C(c1cnn(Cc2ccccc2Cl)c1)N1CCO[C@@H](c2ccccc2)C1. The molecule has 5 nitrogen and oxygen atoms in total. The highest BCUT2D eigenvalue weighted by Gasteiger charge is 2.26. The molecule has 0 unspecified atom stereocenters. The molecule has 0 bridgehead atoms. The first-order valence-corrected chi connectivity index (χ1v) is 9.30. The largest absolute Gasteiger partial charge is 0.370 e. The molecule has 0 radical (unpaired) electrons. The van der Waals surface area contributed by atoms with Gasteiger partial charge in [0.15, 0.2) is 0 Å². The van der Waals surface area contributed by atoms with Crippen molar-refractivity contribution in [1.82, 2.24) is 14.7 Å². The molecule has 0 saturated carbocycles. The van der Waals surface area contributed by atoms with E-state index in [0.29, 0.717) is 36.8 Å². The van der Waals surface area contributed by atoms with Crippen LogP contribution < -0.4 is 0 Å². The summed E-state index contributed by atoms with van der Waals surface area (Å²) in [7, 11) is 0. The Morgan fingerprint density at radius 2 is 1.93 bits per heavy atom. The molecule has 1 fully saturated rings. The number of hydrogen-bond acceptors (Lipinski definition) is 3. The van der Waals surface area contributed by atoms with Crippen molar-refractivity contribution < 1.29 is 9.53 Å². The van der Waals surface area contributed by atoms with Crippen LogP contribution in [0.15, 0.2) is 67.0 Å². The van der Waals surface area contributed by atoms with Crippen LogP contribution in [-0.2, 0) is 11.3 Å². The van der Waals surface area contributed by atoms with Crippen LogP contribution in [-0.4, -0.2) is 40.3 Å². The molecular formula is C21H20ClN3O2. The van der Waals surface area contributed by atoms with Crippen LogP contribution in [0.25, 0.3) is 0 Å². The van der Waals surface area contributed by atoms with Gasteiger partial charge in [-0.25, -0.2) is 0 Å². The van der Waals surface area contributed by atoms with Crippen LogP contribution in [0.3, 0.4) is 0 Å². The summed E-state index contributed by atoms with van der Waals surface area (Å²) < 4.78 is 7.59. The van der Waals surface area contributed by atoms with Crippen LogP contribution >= 0.6 is 11.6 Å². The molecule has 27 heavy (non-hydrogen) atoms. The molecule has 1 aromatic heterocycles. The second-order valence-electron chi connectivity index (χ2n) is 6.54. The molecular weight excluding hydrogens is 362 g/mol. The molecule has 0 aliphatic carbocycles. The fraction of sp³-hybridized carbons (Fsp3) is 0.238. The van der Waals surface area contributed by atoms with Gasteiger partial charge in [-0.05, 0) is 17.2 Å². The van der Waals surface area contributed by atoms with Gasteiger partial charge < -0.3 is 9.64 Å². The molecule has 1 atom stereocenters. The van der Waals surface area contributed by atoms with Gasteiger partial charge in [0.05, 0.1) is 31.5 Å². The van der Waals surface area contributed by atoms with E-state index < -0.39 is 0 Å². The molecule has 1 amide bonds. The zero-order chi connectivity index (χ0) is 18.6. The van der Waals surface area contributed by atoms with Gasteiger partial charge in [-0.15, -0.1) is 0 Å². The number of amides is 1. The first-order valence-electron chi connectivity index (χ1n) is 8.92. The van der Waals surface area contributed by atoms with Crippen LogP contribution in [0, 0.1) is 0 Å². The third-order valence-corrected chi connectivity index (χ3v) is 5.06. The normalized spacial score (nSPS) is 17.1. The van der Waals surface area contributed by atoms with Gasteiger partial charge in [-0.2, -0.15) is 5.10 Å². The smallest absolute Gasteiger partial charge is 0.257 e. The van der Waals surface area contributed by atoms with E-state index in [-0.39, 0.29) is 12.0 Å². The molecule has 138 valence electrons. The zero-order valence-corrected chi connectivity index (χ0v) is 15.5. The van der Waals surface area contributed by atoms with Crippen molar-refractivity contribution in [2.24, 2.45) is 0 Å². The van der Waals surface area contributed by atoms with Gasteiger partial charge in [0.2, 0.25) is 0 Å². The van der Waals surface area contributed by atoms with Gasteiger partial charge in [-0.3, -0.25) is 9.48 Å². The molecule has 1 aliphatic rings. The number of ether oxygens (including phenoxy) is 1. The summed E-state index contributed by atoms with van der Waals surface area (Å²) in [5.41, 5.74) is 2.64. The minimum atomic E-state index is -0.0953. The summed E-state index contributed by atoms with van der Waals surface area (Å²) in [4.78, 5) is 14.7. The van der Waals surface area contributed by atoms with Gasteiger partial charge >= 0.3 is 0 Å². The Hall–Kier alpha value is -2.63. The van der Waals surface area contributed by atoms with E-state index in [1.807, 2.05) is 59.5 Å². The number of rotatable bonds is 4. The first-order chi connectivity index (χ1) is 13.2. The van der Waals surface area contributed by atoms with E-state index >= 15 is 0 Å². The predicted octanol–water partition coefficient (Wildman–Crippen LogP) is 3.80. The van der Waals surface area contributed by atoms with Crippen molar-refractivity contribution >= 4 is 17.5 Å². The fourth-order valence-electron chi connectivity index (χ4n) is 3.25. The summed E-state index contributed by atoms with van der Waals surface area (Å²) in [5.74, 6) is -0.0235. The van der Waals surface area contributed by atoms with E-state index in [0.717, 1.165) is 11.1 Å². The summed E-state index contributed by atoms with van der Waals surface area (Å²) in [6, 6.07) is 17.6. The summed E-state index contributed by atoms with van der Waals surface area (Å²) in [5, 5.41) is 5.02. The molecule has 6 heteroatoms. The Balaban J connectivity index is 1.45. The third-order valence-electron chi connectivity index (χ3n) is 4.70. The average molecular weight is 382 g/mol. The summed E-state index contributed by atoms with van der Waals surface area (Å²) in [6.07, 6.45) is 3.30. The van der Waals surface area contributed by atoms with Gasteiger partial charge in [0.25, 0.3) is 5.91 Å². The lowest BCUT2D eigenvalue weighted by molar-refractivity contribution is -0.0228. The Morgan fingerprint density at radius 1 is 1.15 bits per heavy atom. The summed E-state index contributed by atoms with van der Waals surface area (Å²) in [6.45, 7) is 2.18. The second-order valence-corrected chi connectivity index (χ2v) is 6.95. The van der Waals surface area contributed by atoms with Crippen molar-refractivity contribution in [3.05, 3.63) is 88.7 Å². The molecule has 0 N–H and O–H groups in total. The van der Waals surface area contributed by atoms with E-state index in [9.17, 15) is 4.79 Å². The lowest BCUT2D eigenvalue weighted by Gasteiger charge is -2.33. The number of morpholine rings is 1. The van der Waals surface area contributed by atoms with Gasteiger partial charge in [0, 0.05) is 17.8 Å². The quantitative estimate of drug-likeness (QED) is 0.690. The third kappa shape index (κ3) is 4.04.